The van der Waals surface area contributed by atoms with E-state index < -0.39 is 0 Å². The molecular formula is C19H20N4O2. The third-order valence-corrected chi connectivity index (χ3v) is 4.90. The minimum Gasteiger partial charge on any atom is -0.338 e. The van der Waals surface area contributed by atoms with Gasteiger partial charge in [0.2, 0.25) is 5.56 Å². The predicted octanol–water partition coefficient (Wildman–Crippen LogP) is 2.58. The van der Waals surface area contributed by atoms with Gasteiger partial charge in [-0.15, -0.1) is 0 Å². The van der Waals surface area contributed by atoms with Crippen LogP contribution in [0.25, 0.3) is 10.9 Å². The van der Waals surface area contributed by atoms with Gasteiger partial charge in [-0.05, 0) is 38.0 Å². The first-order chi connectivity index (χ1) is 12.1. The molecule has 0 saturated carbocycles. The first-order valence-electron chi connectivity index (χ1n) is 8.54. The Morgan fingerprint density at radius 1 is 1.28 bits per heavy atom. The van der Waals surface area contributed by atoms with Crippen molar-refractivity contribution in [1.82, 2.24) is 20.1 Å². The van der Waals surface area contributed by atoms with Crippen molar-refractivity contribution in [2.45, 2.75) is 25.7 Å². The molecule has 1 saturated heterocycles. The first kappa shape index (κ1) is 15.6. The van der Waals surface area contributed by atoms with Crippen LogP contribution in [0.4, 0.5) is 0 Å². The number of aromatic amines is 2. The Bertz CT molecular complexity index is 975. The first-order valence-corrected chi connectivity index (χ1v) is 8.54. The maximum absolute atomic E-state index is 13.1. The summed E-state index contributed by atoms with van der Waals surface area (Å²) < 4.78 is 0. The average Bonchev–Trinajstić information content (AvgIpc) is 3.16. The van der Waals surface area contributed by atoms with E-state index in [0.29, 0.717) is 24.2 Å². The fourth-order valence-corrected chi connectivity index (χ4v) is 3.62. The zero-order valence-corrected chi connectivity index (χ0v) is 14.1. The van der Waals surface area contributed by atoms with Gasteiger partial charge >= 0.3 is 0 Å². The van der Waals surface area contributed by atoms with Gasteiger partial charge in [-0.25, -0.2) is 0 Å². The fourth-order valence-electron chi connectivity index (χ4n) is 3.62. The Morgan fingerprint density at radius 2 is 2.16 bits per heavy atom. The van der Waals surface area contributed by atoms with Crippen molar-refractivity contribution < 1.29 is 4.79 Å². The van der Waals surface area contributed by atoms with Crippen LogP contribution in [0, 0.1) is 6.92 Å². The number of likely N-dealkylation sites (tertiary alicyclic amines) is 1. The van der Waals surface area contributed by atoms with Gasteiger partial charge in [0, 0.05) is 47.9 Å². The fraction of sp³-hybridized carbons (Fsp3) is 0.316. The molecule has 2 aromatic heterocycles. The Hall–Kier alpha value is -2.89. The minimum absolute atomic E-state index is 0.0779. The number of fused-ring (bicyclic) bond motifs is 1. The standard InChI is InChI=1S/C19H20N4O2/c1-12-4-5-17-14(9-12)15(10-18(24)21-17)19(25)23-8-2-3-13(11-23)16-6-7-20-22-16/h4-7,9-10,13H,2-3,8,11H2,1H3,(H,20,22)(H,21,24). The highest BCUT2D eigenvalue weighted by Gasteiger charge is 2.27. The molecule has 0 bridgehead atoms. The molecule has 1 amide bonds. The predicted molar refractivity (Wildman–Crippen MR) is 95.8 cm³/mol. The topological polar surface area (TPSA) is 81.8 Å². The summed E-state index contributed by atoms with van der Waals surface area (Å²) in [6, 6.07) is 9.12. The molecule has 25 heavy (non-hydrogen) atoms. The van der Waals surface area contributed by atoms with E-state index >= 15 is 0 Å². The molecule has 6 nitrogen and oxygen atoms in total. The second-order valence-corrected chi connectivity index (χ2v) is 6.70. The van der Waals surface area contributed by atoms with Crippen LogP contribution < -0.4 is 5.56 Å². The number of aryl methyl sites for hydroxylation is 1. The van der Waals surface area contributed by atoms with E-state index in [2.05, 4.69) is 15.2 Å². The summed E-state index contributed by atoms with van der Waals surface area (Å²) in [5, 5.41) is 7.82. The number of carbonyl (C=O) groups excluding carboxylic acids is 1. The third kappa shape index (κ3) is 2.95. The highest BCUT2D eigenvalue weighted by molar-refractivity contribution is 6.06. The van der Waals surface area contributed by atoms with Gasteiger partial charge in [0.25, 0.3) is 5.91 Å². The quantitative estimate of drug-likeness (QED) is 0.754. The summed E-state index contributed by atoms with van der Waals surface area (Å²) >= 11 is 0. The Morgan fingerprint density at radius 3 is 2.96 bits per heavy atom. The number of hydrogen-bond donors (Lipinski definition) is 2. The molecule has 0 radical (unpaired) electrons. The van der Waals surface area contributed by atoms with Gasteiger partial charge in [-0.2, -0.15) is 5.10 Å². The summed E-state index contributed by atoms with van der Waals surface area (Å²) in [6.45, 7) is 3.33. The molecule has 1 atom stereocenters. The lowest BCUT2D eigenvalue weighted by Crippen LogP contribution is -2.39. The molecule has 128 valence electrons. The molecule has 1 aliphatic heterocycles. The molecule has 3 aromatic rings. The molecule has 1 aliphatic rings. The maximum atomic E-state index is 13.1. The largest absolute Gasteiger partial charge is 0.338 e. The van der Waals surface area contributed by atoms with Gasteiger partial charge in [0.1, 0.15) is 0 Å². The number of amides is 1. The molecule has 1 unspecified atom stereocenters. The van der Waals surface area contributed by atoms with Crippen LogP contribution in [0.1, 0.15) is 40.4 Å². The van der Waals surface area contributed by atoms with Crippen molar-refractivity contribution in [2.24, 2.45) is 0 Å². The molecule has 1 aromatic carbocycles. The lowest BCUT2D eigenvalue weighted by atomic mass is 9.94. The summed E-state index contributed by atoms with van der Waals surface area (Å²) in [5.41, 5.74) is 3.05. The van der Waals surface area contributed by atoms with Crippen molar-refractivity contribution in [1.29, 1.82) is 0 Å². The van der Waals surface area contributed by atoms with Gasteiger partial charge < -0.3 is 9.88 Å². The van der Waals surface area contributed by atoms with Crippen LogP contribution >= 0.6 is 0 Å². The third-order valence-electron chi connectivity index (χ3n) is 4.90. The molecule has 3 heterocycles. The van der Waals surface area contributed by atoms with E-state index in [0.717, 1.165) is 29.5 Å². The van der Waals surface area contributed by atoms with Gasteiger partial charge in [-0.1, -0.05) is 11.6 Å². The summed E-state index contributed by atoms with van der Waals surface area (Å²) in [4.78, 5) is 29.8. The van der Waals surface area contributed by atoms with E-state index in [1.54, 1.807) is 6.20 Å². The summed E-state index contributed by atoms with van der Waals surface area (Å²) in [6.07, 6.45) is 3.71. The van der Waals surface area contributed by atoms with E-state index in [9.17, 15) is 9.59 Å². The van der Waals surface area contributed by atoms with Crippen LogP contribution in [0.15, 0.2) is 41.3 Å². The Kier molecular flexibility index (Phi) is 3.87. The number of H-pyrrole nitrogens is 2. The molecule has 6 heteroatoms. The van der Waals surface area contributed by atoms with Crippen LogP contribution in [-0.4, -0.2) is 39.1 Å². The highest BCUT2D eigenvalue weighted by Crippen LogP contribution is 2.27. The van der Waals surface area contributed by atoms with Crippen LogP contribution in [0.3, 0.4) is 0 Å². The minimum atomic E-state index is -0.248. The lowest BCUT2D eigenvalue weighted by molar-refractivity contribution is 0.0707. The van der Waals surface area contributed by atoms with E-state index in [1.165, 1.54) is 6.07 Å². The summed E-state index contributed by atoms with van der Waals surface area (Å²) in [7, 11) is 0. The Balaban J connectivity index is 1.70. The SMILES string of the molecule is Cc1ccc2[nH]c(=O)cc(C(=O)N3CCCC(c4ccn[nH]4)C3)c2c1. The number of carbonyl (C=O) groups is 1. The number of pyridine rings is 1. The van der Waals surface area contributed by atoms with Crippen molar-refractivity contribution in [3.63, 3.8) is 0 Å². The van der Waals surface area contributed by atoms with E-state index in [4.69, 9.17) is 0 Å². The second-order valence-electron chi connectivity index (χ2n) is 6.70. The highest BCUT2D eigenvalue weighted by atomic mass is 16.2. The van der Waals surface area contributed by atoms with Crippen molar-refractivity contribution in [2.75, 3.05) is 13.1 Å². The zero-order chi connectivity index (χ0) is 17.4. The smallest absolute Gasteiger partial charge is 0.254 e. The molecular weight excluding hydrogens is 316 g/mol. The van der Waals surface area contributed by atoms with Crippen LogP contribution in [0.2, 0.25) is 0 Å². The number of piperidine rings is 1. The van der Waals surface area contributed by atoms with Gasteiger partial charge in [0.15, 0.2) is 0 Å². The number of hydrogen-bond acceptors (Lipinski definition) is 3. The van der Waals surface area contributed by atoms with Gasteiger partial charge in [-0.3, -0.25) is 14.7 Å². The average molecular weight is 336 g/mol. The Labute approximate surface area is 144 Å². The number of nitrogens with zero attached hydrogens (tertiary/aromatic N) is 2. The lowest BCUT2D eigenvalue weighted by Gasteiger charge is -2.32. The van der Waals surface area contributed by atoms with Crippen LogP contribution in [-0.2, 0) is 0 Å². The molecule has 1 fully saturated rings. The number of rotatable bonds is 2. The number of aromatic nitrogens is 3. The van der Waals surface area contributed by atoms with E-state index in [-0.39, 0.29) is 17.4 Å². The molecule has 0 aliphatic carbocycles. The molecule has 0 spiro atoms. The van der Waals surface area contributed by atoms with Gasteiger partial charge in [0.05, 0.1) is 5.56 Å². The zero-order valence-electron chi connectivity index (χ0n) is 14.1. The van der Waals surface area contributed by atoms with Crippen LogP contribution in [0.5, 0.6) is 0 Å². The van der Waals surface area contributed by atoms with E-state index in [1.807, 2.05) is 36.1 Å². The normalized spacial score (nSPS) is 17.8. The summed E-state index contributed by atoms with van der Waals surface area (Å²) in [5.74, 6) is 0.182. The molecule has 2 N–H and O–H groups in total. The second kappa shape index (κ2) is 6.20. The maximum Gasteiger partial charge on any atom is 0.254 e. The molecule has 4 rings (SSSR count). The monoisotopic (exact) mass is 336 g/mol. The van der Waals surface area contributed by atoms with Crippen molar-refractivity contribution >= 4 is 16.8 Å². The van der Waals surface area contributed by atoms with Crippen molar-refractivity contribution in [3.05, 3.63) is 63.7 Å². The number of nitrogens with one attached hydrogen (secondary N) is 2. The van der Waals surface area contributed by atoms with Crippen molar-refractivity contribution in [3.8, 4) is 0 Å². The number of benzene rings is 1.